The molecular formula is C15H25IN4O. The number of aromatic nitrogens is 1. The second-order valence-corrected chi connectivity index (χ2v) is 5.87. The topological polar surface area (TPSA) is 53.7 Å². The van der Waals surface area contributed by atoms with E-state index in [1.807, 2.05) is 6.07 Å². The van der Waals surface area contributed by atoms with Crippen molar-refractivity contribution in [2.24, 2.45) is 16.8 Å². The highest BCUT2D eigenvalue weighted by molar-refractivity contribution is 14.0. The Kier molecular flexibility index (Phi) is 6.32. The molecule has 0 amide bonds. The van der Waals surface area contributed by atoms with Gasteiger partial charge in [-0.25, -0.2) is 4.99 Å². The van der Waals surface area contributed by atoms with E-state index in [-0.39, 0.29) is 24.0 Å². The maximum atomic E-state index is 4.86. The summed E-state index contributed by atoms with van der Waals surface area (Å²) < 4.78 is 4.86. The molecule has 1 aliphatic carbocycles. The summed E-state index contributed by atoms with van der Waals surface area (Å²) in [6.45, 7) is 5.94. The fourth-order valence-corrected chi connectivity index (χ4v) is 3.48. The Hall–Kier alpha value is -0.790. The number of hydrogen-bond acceptors (Lipinski definition) is 3. The Balaban J connectivity index is 0.00000161. The highest BCUT2D eigenvalue weighted by Gasteiger charge is 2.35. The smallest absolute Gasteiger partial charge is 0.194 e. The highest BCUT2D eigenvalue weighted by atomic mass is 127. The first-order chi connectivity index (χ1) is 9.86. The lowest BCUT2D eigenvalue weighted by Gasteiger charge is -2.22. The van der Waals surface area contributed by atoms with Crippen LogP contribution in [0, 0.1) is 11.8 Å². The minimum absolute atomic E-state index is 0. The number of rotatable bonds is 3. The molecule has 118 valence electrons. The average Bonchev–Trinajstić information content (AvgIpc) is 3.12. The van der Waals surface area contributed by atoms with Gasteiger partial charge in [0.15, 0.2) is 5.96 Å². The molecule has 5 nitrogen and oxygen atoms in total. The van der Waals surface area contributed by atoms with E-state index in [2.05, 4.69) is 22.3 Å². The van der Waals surface area contributed by atoms with Crippen molar-refractivity contribution in [2.75, 3.05) is 19.6 Å². The number of aliphatic imine (C=N–C) groups is 1. The number of fused-ring (bicyclic) bond motifs is 1. The van der Waals surface area contributed by atoms with Crippen LogP contribution in [0.25, 0.3) is 0 Å². The SMILES string of the molecule is CCNC(=NCc1ccon1)N1CC2CCCCC2C1.I. The van der Waals surface area contributed by atoms with Gasteiger partial charge in [0.05, 0.1) is 6.54 Å². The number of nitrogens with one attached hydrogen (secondary N) is 1. The van der Waals surface area contributed by atoms with Gasteiger partial charge in [0.1, 0.15) is 12.0 Å². The maximum Gasteiger partial charge on any atom is 0.194 e. The van der Waals surface area contributed by atoms with Crippen LogP contribution in [0.15, 0.2) is 21.8 Å². The van der Waals surface area contributed by atoms with Crippen molar-refractivity contribution < 1.29 is 4.52 Å². The molecule has 0 aromatic carbocycles. The molecule has 2 fully saturated rings. The van der Waals surface area contributed by atoms with Gasteiger partial charge in [-0.2, -0.15) is 0 Å². The quantitative estimate of drug-likeness (QED) is 0.478. The van der Waals surface area contributed by atoms with Crippen LogP contribution in [0.4, 0.5) is 0 Å². The molecule has 1 aromatic heterocycles. The van der Waals surface area contributed by atoms with Gasteiger partial charge in [0.25, 0.3) is 0 Å². The fraction of sp³-hybridized carbons (Fsp3) is 0.733. The van der Waals surface area contributed by atoms with E-state index in [0.29, 0.717) is 6.54 Å². The predicted molar refractivity (Wildman–Crippen MR) is 93.8 cm³/mol. The number of guanidine groups is 1. The van der Waals surface area contributed by atoms with Crippen molar-refractivity contribution in [3.63, 3.8) is 0 Å². The monoisotopic (exact) mass is 404 g/mol. The minimum Gasteiger partial charge on any atom is -0.364 e. The van der Waals surface area contributed by atoms with Crippen LogP contribution in [0.3, 0.4) is 0 Å². The van der Waals surface area contributed by atoms with Gasteiger partial charge in [-0.05, 0) is 31.6 Å². The van der Waals surface area contributed by atoms with Gasteiger partial charge in [0.2, 0.25) is 0 Å². The average molecular weight is 404 g/mol. The highest BCUT2D eigenvalue weighted by Crippen LogP contribution is 2.35. The Labute approximate surface area is 143 Å². The van der Waals surface area contributed by atoms with Crippen LogP contribution < -0.4 is 5.32 Å². The molecule has 1 N–H and O–H groups in total. The van der Waals surface area contributed by atoms with E-state index in [0.717, 1.165) is 43.1 Å². The molecule has 0 radical (unpaired) electrons. The van der Waals surface area contributed by atoms with Crippen molar-refractivity contribution >= 4 is 29.9 Å². The molecule has 2 unspecified atom stereocenters. The summed E-state index contributed by atoms with van der Waals surface area (Å²) in [6.07, 6.45) is 7.19. The van der Waals surface area contributed by atoms with Crippen molar-refractivity contribution in [1.82, 2.24) is 15.4 Å². The van der Waals surface area contributed by atoms with Crippen LogP contribution in [-0.4, -0.2) is 35.7 Å². The predicted octanol–water partition coefficient (Wildman–Crippen LogP) is 2.88. The molecule has 1 saturated carbocycles. The van der Waals surface area contributed by atoms with Crippen LogP contribution in [0.2, 0.25) is 0 Å². The van der Waals surface area contributed by atoms with Crippen LogP contribution in [-0.2, 0) is 6.54 Å². The van der Waals surface area contributed by atoms with Crippen molar-refractivity contribution in [3.8, 4) is 0 Å². The molecule has 2 atom stereocenters. The zero-order valence-electron chi connectivity index (χ0n) is 12.6. The van der Waals surface area contributed by atoms with Crippen LogP contribution in [0.5, 0.6) is 0 Å². The summed E-state index contributed by atoms with van der Waals surface area (Å²) in [5.74, 6) is 2.78. The lowest BCUT2D eigenvalue weighted by atomic mass is 9.82. The number of hydrogen-bond donors (Lipinski definition) is 1. The van der Waals surface area contributed by atoms with Crippen LogP contribution >= 0.6 is 24.0 Å². The van der Waals surface area contributed by atoms with E-state index < -0.39 is 0 Å². The summed E-state index contributed by atoms with van der Waals surface area (Å²) in [7, 11) is 0. The zero-order valence-corrected chi connectivity index (χ0v) is 15.0. The van der Waals surface area contributed by atoms with Gasteiger partial charge in [0, 0.05) is 25.7 Å². The van der Waals surface area contributed by atoms with Crippen LogP contribution in [0.1, 0.15) is 38.3 Å². The third-order valence-corrected chi connectivity index (χ3v) is 4.49. The van der Waals surface area contributed by atoms with E-state index in [9.17, 15) is 0 Å². The van der Waals surface area contributed by atoms with Gasteiger partial charge in [-0.1, -0.05) is 18.0 Å². The van der Waals surface area contributed by atoms with E-state index >= 15 is 0 Å². The zero-order chi connectivity index (χ0) is 13.8. The lowest BCUT2D eigenvalue weighted by Crippen LogP contribution is -2.40. The Morgan fingerprint density at radius 3 is 2.67 bits per heavy atom. The lowest BCUT2D eigenvalue weighted by molar-refractivity contribution is 0.299. The Morgan fingerprint density at radius 1 is 1.38 bits per heavy atom. The van der Waals surface area contributed by atoms with Gasteiger partial charge >= 0.3 is 0 Å². The summed E-state index contributed by atoms with van der Waals surface area (Å²) in [5, 5.41) is 7.33. The Morgan fingerprint density at radius 2 is 2.10 bits per heavy atom. The van der Waals surface area contributed by atoms with E-state index in [1.165, 1.54) is 25.7 Å². The number of likely N-dealkylation sites (tertiary alicyclic amines) is 1. The summed E-state index contributed by atoms with van der Waals surface area (Å²) in [6, 6.07) is 1.87. The van der Waals surface area contributed by atoms with Crippen molar-refractivity contribution in [1.29, 1.82) is 0 Å². The van der Waals surface area contributed by atoms with Crippen molar-refractivity contribution in [2.45, 2.75) is 39.2 Å². The summed E-state index contributed by atoms with van der Waals surface area (Å²) in [5.41, 5.74) is 0.886. The molecule has 0 spiro atoms. The minimum atomic E-state index is 0. The fourth-order valence-electron chi connectivity index (χ4n) is 3.48. The second kappa shape index (κ2) is 8.00. The molecule has 21 heavy (non-hydrogen) atoms. The van der Waals surface area contributed by atoms with E-state index in [4.69, 9.17) is 9.52 Å². The molecule has 2 aliphatic rings. The Bertz CT molecular complexity index is 435. The summed E-state index contributed by atoms with van der Waals surface area (Å²) >= 11 is 0. The second-order valence-electron chi connectivity index (χ2n) is 5.87. The maximum absolute atomic E-state index is 4.86. The molecule has 0 bridgehead atoms. The largest absolute Gasteiger partial charge is 0.364 e. The first kappa shape index (κ1) is 16.6. The first-order valence-corrected chi connectivity index (χ1v) is 7.79. The third kappa shape index (κ3) is 4.11. The van der Waals surface area contributed by atoms with Gasteiger partial charge in [-0.15, -0.1) is 24.0 Å². The molecule has 1 saturated heterocycles. The third-order valence-electron chi connectivity index (χ3n) is 4.49. The summed E-state index contributed by atoms with van der Waals surface area (Å²) in [4.78, 5) is 7.14. The first-order valence-electron chi connectivity index (χ1n) is 7.79. The number of halogens is 1. The molecule has 6 heteroatoms. The molecule has 1 aromatic rings. The molecule has 2 heterocycles. The van der Waals surface area contributed by atoms with Gasteiger partial charge in [-0.3, -0.25) is 0 Å². The number of nitrogens with zero attached hydrogens (tertiary/aromatic N) is 3. The van der Waals surface area contributed by atoms with Gasteiger partial charge < -0.3 is 14.7 Å². The normalized spacial score (nSPS) is 25.4. The van der Waals surface area contributed by atoms with Crippen molar-refractivity contribution in [3.05, 3.63) is 18.0 Å². The molecular weight excluding hydrogens is 379 g/mol. The molecule has 3 rings (SSSR count). The van der Waals surface area contributed by atoms with E-state index in [1.54, 1.807) is 6.26 Å². The molecule has 1 aliphatic heterocycles. The standard InChI is InChI=1S/C15H24N4O.HI/c1-2-16-15(17-9-14-7-8-20-18-14)19-10-12-5-3-4-6-13(12)11-19;/h7-8,12-13H,2-6,9-11H2,1H3,(H,16,17);1H.